The molecular formula is C23H27N3O3. The van der Waals surface area contributed by atoms with Crippen molar-refractivity contribution in [3.63, 3.8) is 0 Å². The summed E-state index contributed by atoms with van der Waals surface area (Å²) in [5.74, 6) is 1.52. The van der Waals surface area contributed by atoms with Crippen LogP contribution >= 0.6 is 0 Å². The number of phenolic OH excluding ortho intramolecular Hbond substituents is 1. The van der Waals surface area contributed by atoms with Crippen LogP contribution in [-0.4, -0.2) is 54.8 Å². The monoisotopic (exact) mass is 393 g/mol. The second-order valence-corrected chi connectivity index (χ2v) is 7.87. The Balaban J connectivity index is 1.82. The van der Waals surface area contributed by atoms with Gasteiger partial charge < -0.3 is 14.6 Å². The summed E-state index contributed by atoms with van der Waals surface area (Å²) in [4.78, 5) is 4.50. The minimum Gasteiger partial charge on any atom is -0.507 e. The SMILES string of the molecule is COc1c(C)c(O)c2c(c1OC)[C@@H]1CN(Cc3ccccc3)[C@@H](C#N)[C@H](C2)N1C. The zero-order valence-electron chi connectivity index (χ0n) is 17.3. The molecule has 0 aliphatic carbocycles. The minimum absolute atomic E-state index is 0.00152. The predicted molar refractivity (Wildman–Crippen MR) is 110 cm³/mol. The third-order valence-corrected chi connectivity index (χ3v) is 6.45. The van der Waals surface area contributed by atoms with Crippen molar-refractivity contribution in [2.24, 2.45) is 0 Å². The third kappa shape index (κ3) is 3.02. The number of rotatable bonds is 4. The van der Waals surface area contributed by atoms with Crippen LogP contribution in [0.25, 0.3) is 0 Å². The van der Waals surface area contributed by atoms with E-state index >= 15 is 0 Å². The lowest BCUT2D eigenvalue weighted by atomic mass is 9.80. The molecule has 6 heteroatoms. The van der Waals surface area contributed by atoms with E-state index in [0.29, 0.717) is 36.6 Å². The van der Waals surface area contributed by atoms with Crippen molar-refractivity contribution in [3.8, 4) is 23.3 Å². The Bertz CT molecular complexity index is 954. The van der Waals surface area contributed by atoms with Crippen molar-refractivity contribution in [1.29, 1.82) is 5.26 Å². The number of hydrogen-bond donors (Lipinski definition) is 1. The van der Waals surface area contributed by atoms with Crippen LogP contribution in [0.15, 0.2) is 30.3 Å². The molecule has 4 rings (SSSR count). The van der Waals surface area contributed by atoms with Crippen LogP contribution in [0.2, 0.25) is 0 Å². The van der Waals surface area contributed by atoms with E-state index in [4.69, 9.17) is 9.47 Å². The summed E-state index contributed by atoms with van der Waals surface area (Å²) in [6.07, 6.45) is 0.596. The van der Waals surface area contributed by atoms with Crippen molar-refractivity contribution in [3.05, 3.63) is 52.6 Å². The molecule has 0 unspecified atom stereocenters. The number of piperazine rings is 1. The number of likely N-dealkylation sites (N-methyl/N-ethyl adjacent to an activating group) is 1. The topological polar surface area (TPSA) is 69.0 Å². The van der Waals surface area contributed by atoms with Crippen molar-refractivity contribution < 1.29 is 14.6 Å². The minimum atomic E-state index is -0.252. The fourth-order valence-corrected chi connectivity index (χ4v) is 4.97. The van der Waals surface area contributed by atoms with Crippen LogP contribution in [0.5, 0.6) is 17.2 Å². The van der Waals surface area contributed by atoms with Crippen molar-refractivity contribution >= 4 is 0 Å². The molecule has 0 amide bonds. The summed E-state index contributed by atoms with van der Waals surface area (Å²) in [7, 11) is 5.30. The van der Waals surface area contributed by atoms with Crippen LogP contribution in [0.4, 0.5) is 0 Å². The van der Waals surface area contributed by atoms with E-state index in [9.17, 15) is 10.4 Å². The van der Waals surface area contributed by atoms with Crippen LogP contribution in [-0.2, 0) is 13.0 Å². The van der Waals surface area contributed by atoms with Gasteiger partial charge in [0.2, 0.25) is 0 Å². The molecule has 6 nitrogen and oxygen atoms in total. The average molecular weight is 393 g/mol. The molecule has 0 aromatic heterocycles. The van der Waals surface area contributed by atoms with E-state index in [1.165, 1.54) is 5.56 Å². The Morgan fingerprint density at radius 2 is 1.86 bits per heavy atom. The Morgan fingerprint density at radius 3 is 2.48 bits per heavy atom. The molecule has 0 radical (unpaired) electrons. The molecule has 2 aliphatic rings. The molecule has 0 saturated carbocycles. The highest BCUT2D eigenvalue weighted by Gasteiger charge is 2.47. The number of hydrogen-bond acceptors (Lipinski definition) is 6. The lowest BCUT2D eigenvalue weighted by Gasteiger charge is -2.52. The molecule has 1 saturated heterocycles. The van der Waals surface area contributed by atoms with Crippen LogP contribution < -0.4 is 9.47 Å². The van der Waals surface area contributed by atoms with Gasteiger partial charge in [0.05, 0.1) is 26.3 Å². The number of methoxy groups -OCH3 is 2. The maximum absolute atomic E-state index is 10.9. The molecular weight excluding hydrogens is 366 g/mol. The van der Waals surface area contributed by atoms with Gasteiger partial charge in [-0.15, -0.1) is 0 Å². The van der Waals surface area contributed by atoms with Gasteiger partial charge in [-0.25, -0.2) is 0 Å². The summed E-state index contributed by atoms with van der Waals surface area (Å²) in [6.45, 7) is 3.23. The Morgan fingerprint density at radius 1 is 1.17 bits per heavy atom. The zero-order chi connectivity index (χ0) is 20.7. The molecule has 1 N–H and O–H groups in total. The van der Waals surface area contributed by atoms with Crippen LogP contribution in [0.1, 0.15) is 28.3 Å². The number of nitriles is 1. The molecule has 2 bridgehead atoms. The van der Waals surface area contributed by atoms with Gasteiger partial charge in [-0.2, -0.15) is 5.26 Å². The molecule has 2 aliphatic heterocycles. The van der Waals surface area contributed by atoms with Gasteiger partial charge >= 0.3 is 0 Å². The fraction of sp³-hybridized carbons (Fsp3) is 0.435. The lowest BCUT2D eigenvalue weighted by molar-refractivity contribution is -0.00128. The normalized spacial score (nSPS) is 23.9. The Hall–Kier alpha value is -2.75. The van der Waals surface area contributed by atoms with Crippen molar-refractivity contribution in [2.75, 3.05) is 27.8 Å². The number of benzene rings is 2. The summed E-state index contributed by atoms with van der Waals surface area (Å²) in [6, 6.07) is 12.5. The lowest BCUT2D eigenvalue weighted by Crippen LogP contribution is -2.61. The molecule has 3 atom stereocenters. The number of phenols is 1. The number of ether oxygens (including phenoxy) is 2. The van der Waals surface area contributed by atoms with E-state index in [-0.39, 0.29) is 23.9 Å². The number of nitrogens with zero attached hydrogens (tertiary/aromatic N) is 3. The van der Waals surface area contributed by atoms with Gasteiger partial charge in [-0.1, -0.05) is 30.3 Å². The maximum Gasteiger partial charge on any atom is 0.167 e. The summed E-state index contributed by atoms with van der Waals surface area (Å²) < 4.78 is 11.4. The van der Waals surface area contributed by atoms with E-state index in [1.54, 1.807) is 14.2 Å². The molecule has 2 aromatic rings. The van der Waals surface area contributed by atoms with Gasteiger partial charge in [-0.3, -0.25) is 9.80 Å². The summed E-state index contributed by atoms with van der Waals surface area (Å²) in [5.41, 5.74) is 3.72. The predicted octanol–water partition coefficient (Wildman–Crippen LogP) is 3.02. The standard InChI is InChI=1S/C23H27N3O3/c1-14-21(27)16-10-17-18(11-24)26(12-15-8-6-5-7-9-15)13-19(25(17)2)20(16)23(29-4)22(14)28-3/h5-9,17-19,27H,10,12-13H2,1-4H3/t17-,18-,19-/m0/s1. The molecule has 2 heterocycles. The number of fused-ring (bicyclic) bond motifs is 4. The largest absolute Gasteiger partial charge is 0.507 e. The Labute approximate surface area is 171 Å². The zero-order valence-corrected chi connectivity index (χ0v) is 17.3. The summed E-state index contributed by atoms with van der Waals surface area (Å²) >= 11 is 0. The molecule has 152 valence electrons. The highest BCUT2D eigenvalue weighted by Crippen LogP contribution is 2.51. The first-order chi connectivity index (χ1) is 14.0. The first kappa shape index (κ1) is 19.6. The molecule has 0 spiro atoms. The quantitative estimate of drug-likeness (QED) is 0.861. The second-order valence-electron chi connectivity index (χ2n) is 7.87. The van der Waals surface area contributed by atoms with Crippen LogP contribution in [0.3, 0.4) is 0 Å². The van der Waals surface area contributed by atoms with E-state index in [1.807, 2.05) is 25.1 Å². The smallest absolute Gasteiger partial charge is 0.167 e. The first-order valence-electron chi connectivity index (χ1n) is 9.87. The fourth-order valence-electron chi connectivity index (χ4n) is 4.97. The van der Waals surface area contributed by atoms with Crippen molar-refractivity contribution in [1.82, 2.24) is 9.80 Å². The highest BCUT2D eigenvalue weighted by molar-refractivity contribution is 5.64. The molecule has 2 aromatic carbocycles. The third-order valence-electron chi connectivity index (χ3n) is 6.45. The molecule has 1 fully saturated rings. The van der Waals surface area contributed by atoms with Crippen LogP contribution in [0, 0.1) is 18.3 Å². The van der Waals surface area contributed by atoms with Gasteiger partial charge in [-0.05, 0) is 26.0 Å². The highest BCUT2D eigenvalue weighted by atomic mass is 16.5. The van der Waals surface area contributed by atoms with Gasteiger partial charge in [0.1, 0.15) is 11.8 Å². The van der Waals surface area contributed by atoms with Gasteiger partial charge in [0.25, 0.3) is 0 Å². The average Bonchev–Trinajstić information content (AvgIpc) is 2.73. The second kappa shape index (κ2) is 7.58. The van der Waals surface area contributed by atoms with E-state index < -0.39 is 0 Å². The first-order valence-corrected chi connectivity index (χ1v) is 9.87. The van der Waals surface area contributed by atoms with E-state index in [0.717, 1.165) is 11.1 Å². The van der Waals surface area contributed by atoms with Gasteiger partial charge in [0.15, 0.2) is 11.5 Å². The number of aromatic hydroxyl groups is 1. The molecule has 29 heavy (non-hydrogen) atoms. The Kier molecular flexibility index (Phi) is 5.12. The van der Waals surface area contributed by atoms with Crippen molar-refractivity contribution in [2.45, 2.75) is 38.0 Å². The summed E-state index contributed by atoms with van der Waals surface area (Å²) in [5, 5.41) is 20.9. The van der Waals surface area contributed by atoms with Gasteiger partial charge in [0, 0.05) is 35.8 Å². The van der Waals surface area contributed by atoms with E-state index in [2.05, 4.69) is 35.0 Å². The maximum atomic E-state index is 10.9.